The molecule has 2 N–H and O–H groups in total. The minimum atomic E-state index is -1.69. The molecule has 1 atom stereocenters. The lowest BCUT2D eigenvalue weighted by atomic mass is 9.96. The van der Waals surface area contributed by atoms with Gasteiger partial charge in [0.1, 0.15) is 5.69 Å². The molecule has 198 valence electrons. The maximum atomic E-state index is 14.2. The predicted octanol–water partition coefficient (Wildman–Crippen LogP) is 6.38. The summed E-state index contributed by atoms with van der Waals surface area (Å²) in [7, 11) is 0. The number of rotatable bonds is 9. The average Bonchev–Trinajstić information content (AvgIpc) is 3.11. The summed E-state index contributed by atoms with van der Waals surface area (Å²) in [6.07, 6.45) is 0.275. The molecule has 1 unspecified atom stereocenters. The van der Waals surface area contributed by atoms with Crippen LogP contribution in [0.25, 0.3) is 0 Å². The van der Waals surface area contributed by atoms with Gasteiger partial charge in [-0.25, -0.2) is 0 Å². The fourth-order valence-electron chi connectivity index (χ4n) is 4.48. The Morgan fingerprint density at radius 2 is 1.58 bits per heavy atom. The van der Waals surface area contributed by atoms with Gasteiger partial charge in [-0.15, -0.1) is 0 Å². The van der Waals surface area contributed by atoms with Gasteiger partial charge in [-0.1, -0.05) is 65.1 Å². The highest BCUT2D eigenvalue weighted by atomic mass is 35.5. The molecule has 0 radical (unpaired) electrons. The van der Waals surface area contributed by atoms with Crippen molar-refractivity contribution in [1.82, 2.24) is 5.32 Å². The first-order valence-electron chi connectivity index (χ1n) is 12.2. The summed E-state index contributed by atoms with van der Waals surface area (Å²) in [5, 5.41) is 12.5. The van der Waals surface area contributed by atoms with Crippen molar-refractivity contribution in [2.24, 2.45) is 5.10 Å². The van der Waals surface area contributed by atoms with Crippen LogP contribution in [0.3, 0.4) is 0 Å². The van der Waals surface area contributed by atoms with Crippen LogP contribution >= 0.6 is 34.8 Å². The van der Waals surface area contributed by atoms with Crippen LogP contribution in [0.5, 0.6) is 0 Å². The van der Waals surface area contributed by atoms with Gasteiger partial charge in [0.25, 0.3) is 5.91 Å². The van der Waals surface area contributed by atoms with Gasteiger partial charge in [-0.3, -0.25) is 9.59 Å². The zero-order valence-electron chi connectivity index (χ0n) is 21.3. The molecule has 7 nitrogen and oxygen atoms in total. The Morgan fingerprint density at radius 1 is 0.974 bits per heavy atom. The van der Waals surface area contributed by atoms with Crippen LogP contribution in [0.15, 0.2) is 71.8 Å². The smallest absolute Gasteiger partial charge is 0.300 e. The van der Waals surface area contributed by atoms with Crippen LogP contribution in [0, 0.1) is 0 Å². The minimum absolute atomic E-state index is 0.154. The molecule has 0 saturated carbocycles. The summed E-state index contributed by atoms with van der Waals surface area (Å²) >= 11 is 19.1. The molecule has 3 aromatic carbocycles. The van der Waals surface area contributed by atoms with E-state index in [9.17, 15) is 9.59 Å². The average molecular weight is 573 g/mol. The third-order valence-electron chi connectivity index (χ3n) is 6.27. The summed E-state index contributed by atoms with van der Waals surface area (Å²) in [4.78, 5) is 28.9. The quantitative estimate of drug-likeness (QED) is 0.292. The Morgan fingerprint density at radius 3 is 2.13 bits per heavy atom. The van der Waals surface area contributed by atoms with Crippen LogP contribution < -0.4 is 20.5 Å². The van der Waals surface area contributed by atoms with Crippen molar-refractivity contribution in [3.05, 3.63) is 87.4 Å². The van der Waals surface area contributed by atoms with Crippen molar-refractivity contribution >= 4 is 69.4 Å². The highest BCUT2D eigenvalue weighted by Gasteiger charge is 2.53. The number of hydrogen-bond donors (Lipinski definition) is 2. The molecule has 0 bridgehead atoms. The summed E-state index contributed by atoms with van der Waals surface area (Å²) < 4.78 is 0. The number of hydrogen-bond acceptors (Lipinski definition) is 5. The Kier molecular flexibility index (Phi) is 8.51. The SMILES string of the molecule is CCN(CC)c1ccc(NC2(NC(C)=O)C(=O)N(c3c(Cl)cc(Cl)cc3Cl)N=C2Cc2ccccc2)cc1. The van der Waals surface area contributed by atoms with Gasteiger partial charge in [-0.05, 0) is 55.8 Å². The van der Waals surface area contributed by atoms with Crippen molar-refractivity contribution in [1.29, 1.82) is 0 Å². The van der Waals surface area contributed by atoms with Crippen molar-refractivity contribution in [2.75, 3.05) is 28.3 Å². The monoisotopic (exact) mass is 571 g/mol. The molecular weight excluding hydrogens is 545 g/mol. The van der Waals surface area contributed by atoms with Gasteiger partial charge in [0, 0.05) is 42.8 Å². The second-order valence-electron chi connectivity index (χ2n) is 8.82. The second kappa shape index (κ2) is 11.6. The Balaban J connectivity index is 1.82. The summed E-state index contributed by atoms with van der Waals surface area (Å²) in [6.45, 7) is 7.26. The zero-order chi connectivity index (χ0) is 27.4. The number of hydrazone groups is 1. The molecule has 10 heteroatoms. The number of amides is 2. The van der Waals surface area contributed by atoms with Crippen molar-refractivity contribution < 1.29 is 9.59 Å². The molecule has 3 aromatic rings. The summed E-state index contributed by atoms with van der Waals surface area (Å²) in [5.74, 6) is -0.973. The summed E-state index contributed by atoms with van der Waals surface area (Å²) in [6, 6.07) is 20.2. The molecule has 4 rings (SSSR count). The molecule has 1 aliphatic rings. The lowest BCUT2D eigenvalue weighted by molar-refractivity contribution is -0.127. The van der Waals surface area contributed by atoms with Crippen LogP contribution in [0.1, 0.15) is 26.3 Å². The number of anilines is 3. The molecule has 38 heavy (non-hydrogen) atoms. The number of carbonyl (C=O) groups excluding carboxylic acids is 2. The highest BCUT2D eigenvalue weighted by Crippen LogP contribution is 2.40. The van der Waals surface area contributed by atoms with Crippen LogP contribution in [0.2, 0.25) is 15.1 Å². The lowest BCUT2D eigenvalue weighted by Crippen LogP contribution is -2.65. The topological polar surface area (TPSA) is 77.0 Å². The molecular formula is C28H28Cl3N5O2. The molecule has 1 heterocycles. The standard InChI is InChI=1S/C28H28Cl3N5O2/c1-4-35(5-2)22-13-11-21(12-14-22)33-28(32-18(3)37)25(15-19-9-7-6-8-10-19)34-36(27(28)38)26-23(30)16-20(29)17-24(26)31/h6-14,16-17,33H,4-5,15H2,1-3H3,(H,32,37). The van der Waals surface area contributed by atoms with Gasteiger partial charge >= 0.3 is 0 Å². The number of nitrogens with one attached hydrogen (secondary N) is 2. The molecule has 0 aliphatic carbocycles. The highest BCUT2D eigenvalue weighted by molar-refractivity contribution is 6.43. The van der Waals surface area contributed by atoms with Crippen molar-refractivity contribution in [2.45, 2.75) is 32.9 Å². The Labute approximate surface area is 237 Å². The van der Waals surface area contributed by atoms with Gasteiger partial charge in [0.2, 0.25) is 11.6 Å². The van der Waals surface area contributed by atoms with E-state index in [-0.39, 0.29) is 22.2 Å². The van der Waals surface area contributed by atoms with E-state index >= 15 is 0 Å². The Bertz CT molecular complexity index is 1340. The van der Waals surface area contributed by atoms with E-state index in [0.29, 0.717) is 16.4 Å². The van der Waals surface area contributed by atoms with E-state index in [1.165, 1.54) is 19.1 Å². The predicted molar refractivity (Wildman–Crippen MR) is 157 cm³/mol. The molecule has 1 aliphatic heterocycles. The van der Waals surface area contributed by atoms with E-state index in [4.69, 9.17) is 34.8 Å². The van der Waals surface area contributed by atoms with E-state index in [0.717, 1.165) is 29.3 Å². The van der Waals surface area contributed by atoms with Crippen LogP contribution in [-0.4, -0.2) is 36.3 Å². The molecule has 2 amide bonds. The second-order valence-corrected chi connectivity index (χ2v) is 10.1. The van der Waals surface area contributed by atoms with Gasteiger partial charge in [-0.2, -0.15) is 10.1 Å². The first-order valence-corrected chi connectivity index (χ1v) is 13.3. The largest absolute Gasteiger partial charge is 0.372 e. The lowest BCUT2D eigenvalue weighted by Gasteiger charge is -2.32. The third-order valence-corrected chi connectivity index (χ3v) is 7.06. The fraction of sp³-hybridized carbons (Fsp3) is 0.250. The van der Waals surface area contributed by atoms with Gasteiger partial charge in [0.05, 0.1) is 15.8 Å². The molecule has 0 saturated heterocycles. The van der Waals surface area contributed by atoms with E-state index in [1.54, 1.807) is 0 Å². The van der Waals surface area contributed by atoms with Gasteiger partial charge in [0.15, 0.2) is 0 Å². The number of halogens is 3. The maximum Gasteiger partial charge on any atom is 0.300 e. The number of carbonyl (C=O) groups is 2. The first kappa shape index (κ1) is 27.8. The van der Waals surface area contributed by atoms with Gasteiger partial charge < -0.3 is 15.5 Å². The summed E-state index contributed by atoms with van der Waals surface area (Å²) in [5.41, 5.74) is 1.44. The van der Waals surface area contributed by atoms with E-state index < -0.39 is 17.5 Å². The van der Waals surface area contributed by atoms with Crippen LogP contribution in [-0.2, 0) is 16.0 Å². The minimum Gasteiger partial charge on any atom is -0.372 e. The Hall–Kier alpha value is -3.26. The normalized spacial score (nSPS) is 16.8. The molecule has 0 aromatic heterocycles. The molecule has 0 fully saturated rings. The van der Waals surface area contributed by atoms with Crippen LogP contribution in [0.4, 0.5) is 17.1 Å². The van der Waals surface area contributed by atoms with E-state index in [1.807, 2.05) is 54.6 Å². The fourth-order valence-corrected chi connectivity index (χ4v) is 5.45. The first-order chi connectivity index (χ1) is 18.2. The van der Waals surface area contributed by atoms with Crippen molar-refractivity contribution in [3.63, 3.8) is 0 Å². The maximum absolute atomic E-state index is 14.2. The zero-order valence-corrected chi connectivity index (χ0v) is 23.5. The van der Waals surface area contributed by atoms with Crippen molar-refractivity contribution in [3.8, 4) is 0 Å². The number of nitrogens with zero attached hydrogens (tertiary/aromatic N) is 3. The third kappa shape index (κ3) is 5.60. The molecule has 0 spiro atoms. The number of benzene rings is 3. The van der Waals surface area contributed by atoms with E-state index in [2.05, 4.69) is 34.5 Å².